The molecule has 0 bridgehead atoms. The van der Waals surface area contributed by atoms with E-state index in [0.29, 0.717) is 16.4 Å². The summed E-state index contributed by atoms with van der Waals surface area (Å²) < 4.78 is 1.21. The average Bonchev–Trinajstić information content (AvgIpc) is 2.87. The van der Waals surface area contributed by atoms with Crippen LogP contribution in [-0.2, 0) is 11.3 Å². The first kappa shape index (κ1) is 12.2. The van der Waals surface area contributed by atoms with Crippen molar-refractivity contribution in [3.63, 3.8) is 0 Å². The van der Waals surface area contributed by atoms with E-state index in [9.17, 15) is 9.59 Å². The van der Waals surface area contributed by atoms with Gasteiger partial charge in [-0.2, -0.15) is 5.10 Å². The smallest absolute Gasteiger partial charge is 0.325 e. The molecule has 18 heavy (non-hydrogen) atoms. The molecule has 2 heterocycles. The molecule has 94 valence electrons. The fourth-order valence-electron chi connectivity index (χ4n) is 1.35. The molecule has 2 rings (SSSR count). The monoisotopic (exact) mass is 268 g/mol. The fourth-order valence-corrected chi connectivity index (χ4v) is 1.51. The molecule has 0 fully saturated rings. The number of carbonyl (C=O) groups excluding carboxylic acids is 1. The molecule has 2 aromatic rings. The Bertz CT molecular complexity index is 589. The largest absolute Gasteiger partial charge is 0.480 e. The van der Waals surface area contributed by atoms with Crippen molar-refractivity contribution in [2.75, 3.05) is 5.32 Å². The molecule has 0 radical (unpaired) electrons. The minimum atomic E-state index is -1.01. The minimum Gasteiger partial charge on any atom is -0.480 e. The van der Waals surface area contributed by atoms with Gasteiger partial charge in [0.15, 0.2) is 0 Å². The Morgan fingerprint density at radius 1 is 1.56 bits per heavy atom. The number of aromatic nitrogens is 3. The minimum absolute atomic E-state index is 0.260. The maximum Gasteiger partial charge on any atom is 0.325 e. The number of hydrogen-bond acceptors (Lipinski definition) is 3. The van der Waals surface area contributed by atoms with Gasteiger partial charge in [0, 0.05) is 12.4 Å². The molecule has 0 saturated carbocycles. The van der Waals surface area contributed by atoms with Crippen molar-refractivity contribution < 1.29 is 14.7 Å². The summed E-state index contributed by atoms with van der Waals surface area (Å²) in [6.45, 7) is -0.260. The molecule has 7 nitrogen and oxygen atoms in total. The number of hydrogen-bond donors (Lipinski definition) is 3. The van der Waals surface area contributed by atoms with E-state index in [-0.39, 0.29) is 12.5 Å². The Hall–Kier alpha value is -2.28. The van der Waals surface area contributed by atoms with Crippen LogP contribution in [0.15, 0.2) is 24.7 Å². The average molecular weight is 269 g/mol. The summed E-state index contributed by atoms with van der Waals surface area (Å²) in [5.41, 5.74) is 0.720. The van der Waals surface area contributed by atoms with Crippen LogP contribution in [0.5, 0.6) is 0 Å². The summed E-state index contributed by atoms with van der Waals surface area (Å²) >= 11 is 5.68. The van der Waals surface area contributed by atoms with Gasteiger partial charge < -0.3 is 15.4 Å². The van der Waals surface area contributed by atoms with Crippen molar-refractivity contribution in [2.45, 2.75) is 6.54 Å². The number of rotatable bonds is 4. The van der Waals surface area contributed by atoms with E-state index in [4.69, 9.17) is 16.7 Å². The van der Waals surface area contributed by atoms with Crippen LogP contribution in [0.1, 0.15) is 10.5 Å². The van der Waals surface area contributed by atoms with Crippen LogP contribution in [0.2, 0.25) is 5.02 Å². The summed E-state index contributed by atoms with van der Waals surface area (Å²) in [6, 6.07) is 1.48. The van der Waals surface area contributed by atoms with Crippen LogP contribution in [0, 0.1) is 0 Å². The Labute approximate surface area is 106 Å². The standard InChI is InChI=1S/C10H9ClN4O3/c11-6-1-8(12-2-6)10(18)14-7-3-13-15(4-7)5-9(16)17/h1-4,12H,5H2,(H,14,18)(H,16,17). The van der Waals surface area contributed by atoms with Crippen molar-refractivity contribution in [2.24, 2.45) is 0 Å². The van der Waals surface area contributed by atoms with Gasteiger partial charge in [-0.05, 0) is 6.07 Å². The summed E-state index contributed by atoms with van der Waals surface area (Å²) in [7, 11) is 0. The number of amides is 1. The second kappa shape index (κ2) is 4.92. The fraction of sp³-hybridized carbons (Fsp3) is 0.100. The third-order valence-corrected chi connectivity index (χ3v) is 2.30. The van der Waals surface area contributed by atoms with E-state index >= 15 is 0 Å². The zero-order valence-corrected chi connectivity index (χ0v) is 9.81. The predicted octanol–water partition coefficient (Wildman–Crippen LogP) is 1.20. The van der Waals surface area contributed by atoms with Crippen LogP contribution >= 0.6 is 11.6 Å². The number of halogens is 1. The highest BCUT2D eigenvalue weighted by Crippen LogP contribution is 2.12. The molecule has 0 aliphatic heterocycles. The molecule has 0 unspecified atom stereocenters. The zero-order chi connectivity index (χ0) is 13.1. The highest BCUT2D eigenvalue weighted by atomic mass is 35.5. The Balaban J connectivity index is 2.03. The maximum atomic E-state index is 11.7. The van der Waals surface area contributed by atoms with Gasteiger partial charge in [0.1, 0.15) is 12.2 Å². The van der Waals surface area contributed by atoms with Gasteiger partial charge in [-0.25, -0.2) is 0 Å². The third-order valence-electron chi connectivity index (χ3n) is 2.08. The molecular formula is C10H9ClN4O3. The number of aliphatic carboxylic acids is 1. The maximum absolute atomic E-state index is 11.7. The number of carbonyl (C=O) groups is 2. The van der Waals surface area contributed by atoms with E-state index < -0.39 is 5.97 Å². The molecule has 0 atom stereocenters. The van der Waals surface area contributed by atoms with Crippen molar-refractivity contribution in [3.05, 3.63) is 35.4 Å². The van der Waals surface area contributed by atoms with Crippen molar-refractivity contribution in [1.29, 1.82) is 0 Å². The van der Waals surface area contributed by atoms with Crippen molar-refractivity contribution in [1.82, 2.24) is 14.8 Å². The molecule has 0 saturated heterocycles. The summed E-state index contributed by atoms with van der Waals surface area (Å²) in [6.07, 6.45) is 4.28. The number of nitrogens with zero attached hydrogens (tertiary/aromatic N) is 2. The van der Waals surface area contributed by atoms with Crippen LogP contribution in [0.4, 0.5) is 5.69 Å². The lowest BCUT2D eigenvalue weighted by Crippen LogP contribution is -2.12. The number of H-pyrrole nitrogens is 1. The van der Waals surface area contributed by atoms with Crippen LogP contribution in [0.3, 0.4) is 0 Å². The lowest BCUT2D eigenvalue weighted by atomic mass is 10.4. The molecule has 0 aliphatic rings. The van der Waals surface area contributed by atoms with E-state index in [0.717, 1.165) is 0 Å². The lowest BCUT2D eigenvalue weighted by Gasteiger charge is -1.99. The zero-order valence-electron chi connectivity index (χ0n) is 9.05. The highest BCUT2D eigenvalue weighted by Gasteiger charge is 2.10. The SMILES string of the molecule is O=C(O)Cn1cc(NC(=O)c2cc(Cl)c[nH]2)cn1. The Morgan fingerprint density at radius 2 is 2.33 bits per heavy atom. The lowest BCUT2D eigenvalue weighted by molar-refractivity contribution is -0.137. The number of carboxylic acid groups (broad SMARTS) is 1. The normalized spacial score (nSPS) is 10.3. The first-order valence-corrected chi connectivity index (χ1v) is 5.32. The van der Waals surface area contributed by atoms with Gasteiger partial charge in [-0.1, -0.05) is 11.6 Å². The molecule has 3 N–H and O–H groups in total. The van der Waals surface area contributed by atoms with Crippen LogP contribution in [-0.4, -0.2) is 31.7 Å². The van der Waals surface area contributed by atoms with E-state index in [1.54, 1.807) is 0 Å². The van der Waals surface area contributed by atoms with Gasteiger partial charge in [0.2, 0.25) is 0 Å². The second-order valence-corrected chi connectivity index (χ2v) is 3.94. The van der Waals surface area contributed by atoms with Crippen LogP contribution < -0.4 is 5.32 Å². The third kappa shape index (κ3) is 2.89. The first-order valence-electron chi connectivity index (χ1n) is 4.94. The quantitative estimate of drug-likeness (QED) is 0.776. The molecule has 0 spiro atoms. The molecule has 8 heteroatoms. The highest BCUT2D eigenvalue weighted by molar-refractivity contribution is 6.31. The van der Waals surface area contributed by atoms with E-state index in [1.165, 1.54) is 29.3 Å². The second-order valence-electron chi connectivity index (χ2n) is 3.51. The first-order chi connectivity index (χ1) is 8.54. The van der Waals surface area contributed by atoms with E-state index in [1.807, 2.05) is 0 Å². The summed E-state index contributed by atoms with van der Waals surface area (Å²) in [5.74, 6) is -1.39. The van der Waals surface area contributed by atoms with E-state index in [2.05, 4.69) is 15.4 Å². The predicted molar refractivity (Wildman–Crippen MR) is 63.6 cm³/mol. The molecule has 0 aliphatic carbocycles. The van der Waals surface area contributed by atoms with Gasteiger partial charge in [0.05, 0.1) is 16.9 Å². The molecular weight excluding hydrogens is 260 g/mol. The molecule has 1 amide bonds. The van der Waals surface area contributed by atoms with Gasteiger partial charge in [-0.3, -0.25) is 14.3 Å². The van der Waals surface area contributed by atoms with Crippen molar-refractivity contribution >= 4 is 29.2 Å². The number of nitrogens with one attached hydrogen (secondary N) is 2. The number of anilines is 1. The topological polar surface area (TPSA) is 100 Å². The summed E-state index contributed by atoms with van der Waals surface area (Å²) in [5, 5.41) is 15.4. The van der Waals surface area contributed by atoms with Gasteiger partial charge in [0.25, 0.3) is 5.91 Å². The summed E-state index contributed by atoms with van der Waals surface area (Å²) in [4.78, 5) is 24.9. The molecule has 2 aromatic heterocycles. The van der Waals surface area contributed by atoms with Gasteiger partial charge in [-0.15, -0.1) is 0 Å². The van der Waals surface area contributed by atoms with Crippen molar-refractivity contribution in [3.8, 4) is 0 Å². The number of aromatic amines is 1. The Kier molecular flexibility index (Phi) is 3.33. The number of carboxylic acids is 1. The van der Waals surface area contributed by atoms with Crippen LogP contribution in [0.25, 0.3) is 0 Å². The molecule has 0 aromatic carbocycles. The Morgan fingerprint density at radius 3 is 2.94 bits per heavy atom. The van der Waals surface area contributed by atoms with Gasteiger partial charge >= 0.3 is 5.97 Å².